The molecule has 1 saturated carbocycles. The number of carbonyl (C=O) groups is 2. The predicted octanol–water partition coefficient (Wildman–Crippen LogP) is 4.70. The molecule has 6 rings (SSSR count). The normalized spacial score (nSPS) is 21.5. The fourth-order valence-electron chi connectivity index (χ4n) is 6.25. The fraction of sp³-hybridized carbons (Fsp3) is 0.324. The third kappa shape index (κ3) is 5.47. The number of rotatable bonds is 9. The van der Waals surface area contributed by atoms with Gasteiger partial charge in [0.2, 0.25) is 11.8 Å². The topological polar surface area (TPSA) is 95.0 Å². The van der Waals surface area contributed by atoms with Crippen molar-refractivity contribution in [1.82, 2.24) is 20.3 Å². The maximum absolute atomic E-state index is 13.7. The van der Waals surface area contributed by atoms with Gasteiger partial charge in [0, 0.05) is 35.6 Å². The summed E-state index contributed by atoms with van der Waals surface area (Å²) in [6.07, 6.45) is 1.78. The number of hydroxylamine groups is 1. The number of nitrogens with one attached hydrogen (secondary N) is 1. The van der Waals surface area contributed by atoms with Crippen molar-refractivity contribution >= 4 is 22.7 Å². The molecule has 0 unspecified atom stereocenters. The van der Waals surface area contributed by atoms with Crippen LogP contribution in [0.3, 0.4) is 0 Å². The highest BCUT2D eigenvalue weighted by atomic mass is 16.5. The van der Waals surface area contributed by atoms with Crippen LogP contribution in [0.25, 0.3) is 22.2 Å². The number of para-hydroxylation sites is 1. The molecule has 42 heavy (non-hydrogen) atoms. The van der Waals surface area contributed by atoms with Crippen LogP contribution >= 0.6 is 0 Å². The van der Waals surface area contributed by atoms with Gasteiger partial charge in [0.05, 0.1) is 22.5 Å². The van der Waals surface area contributed by atoms with Crippen LogP contribution in [0, 0.1) is 11.3 Å². The molecule has 1 saturated heterocycles. The van der Waals surface area contributed by atoms with E-state index in [2.05, 4.69) is 29.2 Å². The van der Waals surface area contributed by atoms with Crippen LogP contribution < -0.4 is 10.2 Å². The predicted molar refractivity (Wildman–Crippen MR) is 161 cm³/mol. The minimum absolute atomic E-state index is 0.000406. The molecule has 1 aliphatic carbocycles. The van der Waals surface area contributed by atoms with Gasteiger partial charge in [0.15, 0.2) is 0 Å². The molecule has 0 radical (unpaired) electrons. The Hall–Kier alpha value is -4.27. The van der Waals surface area contributed by atoms with Crippen LogP contribution in [0.15, 0.2) is 84.9 Å². The Labute approximate surface area is 245 Å². The summed E-state index contributed by atoms with van der Waals surface area (Å²) >= 11 is 0. The molecular formula is C34H36N4O4. The summed E-state index contributed by atoms with van der Waals surface area (Å²) in [5, 5.41) is 10.3. The van der Waals surface area contributed by atoms with Crippen molar-refractivity contribution in [1.29, 1.82) is 0 Å². The lowest BCUT2D eigenvalue weighted by Gasteiger charge is -2.25. The van der Waals surface area contributed by atoms with Gasteiger partial charge in [-0.25, -0.2) is 10.5 Å². The Morgan fingerprint density at radius 3 is 2.50 bits per heavy atom. The minimum Gasteiger partial charge on any atom is -0.489 e. The molecule has 1 aliphatic heterocycles. The summed E-state index contributed by atoms with van der Waals surface area (Å²) in [4.78, 5) is 35.0. The number of aromatic nitrogens is 1. The summed E-state index contributed by atoms with van der Waals surface area (Å²) < 4.78 is 6.23. The molecular weight excluding hydrogens is 528 g/mol. The number of ether oxygens (including phenoxy) is 1. The van der Waals surface area contributed by atoms with E-state index in [1.165, 1.54) is 0 Å². The third-order valence-corrected chi connectivity index (χ3v) is 8.82. The molecule has 8 nitrogen and oxygen atoms in total. The Morgan fingerprint density at radius 1 is 1.05 bits per heavy atom. The second-order valence-corrected chi connectivity index (χ2v) is 11.7. The summed E-state index contributed by atoms with van der Waals surface area (Å²) in [5.41, 5.74) is 5.81. The second-order valence-electron chi connectivity index (χ2n) is 11.7. The van der Waals surface area contributed by atoms with E-state index in [0.29, 0.717) is 38.6 Å². The van der Waals surface area contributed by atoms with E-state index in [0.717, 1.165) is 45.5 Å². The average Bonchev–Trinajstić information content (AvgIpc) is 3.52. The smallest absolute Gasteiger partial charge is 0.247 e. The van der Waals surface area contributed by atoms with Gasteiger partial charge in [-0.2, -0.15) is 0 Å². The number of benzene rings is 3. The van der Waals surface area contributed by atoms with Crippen molar-refractivity contribution in [3.63, 3.8) is 0 Å². The van der Waals surface area contributed by atoms with Crippen molar-refractivity contribution in [2.24, 2.45) is 11.3 Å². The van der Waals surface area contributed by atoms with Gasteiger partial charge in [0.1, 0.15) is 12.4 Å². The quantitative estimate of drug-likeness (QED) is 0.226. The Balaban J connectivity index is 1.17. The highest BCUT2D eigenvalue weighted by molar-refractivity contribution is 5.96. The van der Waals surface area contributed by atoms with E-state index in [1.54, 1.807) is 5.48 Å². The van der Waals surface area contributed by atoms with Crippen molar-refractivity contribution < 1.29 is 19.5 Å². The highest BCUT2D eigenvalue weighted by Crippen LogP contribution is 2.56. The van der Waals surface area contributed by atoms with Gasteiger partial charge in [-0.15, -0.1) is 0 Å². The van der Waals surface area contributed by atoms with Gasteiger partial charge in [-0.05, 0) is 63.2 Å². The Kier molecular flexibility index (Phi) is 7.66. The second kappa shape index (κ2) is 11.5. The maximum Gasteiger partial charge on any atom is 0.247 e. The van der Waals surface area contributed by atoms with Crippen molar-refractivity contribution in [3.8, 4) is 17.0 Å². The van der Waals surface area contributed by atoms with Crippen LogP contribution in [0.4, 0.5) is 0 Å². The minimum atomic E-state index is -0.833. The molecule has 8 heteroatoms. The molecule has 0 bridgehead atoms. The van der Waals surface area contributed by atoms with E-state index in [4.69, 9.17) is 9.72 Å². The number of carbonyl (C=O) groups excluding carboxylic acids is 2. The molecule has 2 amide bonds. The first-order valence-electron chi connectivity index (χ1n) is 14.4. The zero-order chi connectivity index (χ0) is 29.3. The standard InChI is InChI=1S/C34H36N4O4/c1-37(2)26-16-17-38(21-26)33(40)34(20-29(34)32(39)36-41)19-23-12-14-27(15-13-23)42-22-25-18-31(24-8-4-3-5-9-24)35-30-11-7-6-10-28(25)30/h3-15,18,26,29,41H,16-17,19-22H2,1-2H3,(H,36,39)/t26-,29+,34-/m0/s1. The van der Waals surface area contributed by atoms with Crippen LogP contribution in [0.5, 0.6) is 5.75 Å². The molecule has 0 spiro atoms. The maximum atomic E-state index is 13.7. The molecule has 2 fully saturated rings. The van der Waals surface area contributed by atoms with Crippen LogP contribution in [-0.4, -0.2) is 65.0 Å². The number of fused-ring (bicyclic) bond motifs is 1. The van der Waals surface area contributed by atoms with Gasteiger partial charge in [-0.3, -0.25) is 14.8 Å². The molecule has 2 aliphatic rings. The zero-order valence-corrected chi connectivity index (χ0v) is 24.0. The van der Waals surface area contributed by atoms with E-state index >= 15 is 0 Å². The highest BCUT2D eigenvalue weighted by Gasteiger charge is 2.64. The number of likely N-dealkylation sites (tertiary alicyclic amines) is 1. The number of amides is 2. The first-order valence-corrected chi connectivity index (χ1v) is 14.4. The van der Waals surface area contributed by atoms with Crippen LogP contribution in [0.1, 0.15) is 24.0 Å². The SMILES string of the molecule is CN(C)[C@H]1CCN(C(=O)[C@@]2(Cc3ccc(OCc4cc(-c5ccccc5)nc5ccccc45)cc3)C[C@@H]2C(=O)NO)C1. The van der Waals surface area contributed by atoms with Gasteiger partial charge < -0.3 is 14.5 Å². The number of hydrogen-bond acceptors (Lipinski definition) is 6. The average molecular weight is 565 g/mol. The molecule has 3 aromatic carbocycles. The number of likely N-dealkylation sites (N-methyl/N-ethyl adjacent to an activating group) is 1. The molecule has 1 aromatic heterocycles. The van der Waals surface area contributed by atoms with E-state index in [-0.39, 0.29) is 5.91 Å². The lowest BCUT2D eigenvalue weighted by molar-refractivity contribution is -0.140. The van der Waals surface area contributed by atoms with Crippen LogP contribution in [0.2, 0.25) is 0 Å². The van der Waals surface area contributed by atoms with Gasteiger partial charge in [-0.1, -0.05) is 60.7 Å². The molecule has 2 N–H and O–H groups in total. The number of hydrogen-bond donors (Lipinski definition) is 2. The van der Waals surface area contributed by atoms with E-state index < -0.39 is 17.2 Å². The first kappa shape index (κ1) is 27.9. The molecule has 4 aromatic rings. The van der Waals surface area contributed by atoms with Gasteiger partial charge >= 0.3 is 0 Å². The lowest BCUT2D eigenvalue weighted by Crippen LogP contribution is -2.41. The number of pyridine rings is 1. The third-order valence-electron chi connectivity index (χ3n) is 8.82. The van der Waals surface area contributed by atoms with E-state index in [9.17, 15) is 14.8 Å². The summed E-state index contributed by atoms with van der Waals surface area (Å²) in [6, 6.07) is 28.3. The molecule has 216 valence electrons. The summed E-state index contributed by atoms with van der Waals surface area (Å²) in [6.45, 7) is 1.72. The zero-order valence-electron chi connectivity index (χ0n) is 24.0. The number of nitrogens with zero attached hydrogens (tertiary/aromatic N) is 3. The fourth-order valence-corrected chi connectivity index (χ4v) is 6.25. The van der Waals surface area contributed by atoms with Gasteiger partial charge in [0.25, 0.3) is 0 Å². The van der Waals surface area contributed by atoms with E-state index in [1.807, 2.05) is 79.7 Å². The lowest BCUT2D eigenvalue weighted by atomic mass is 9.92. The Bertz CT molecular complexity index is 1590. The molecule has 3 atom stereocenters. The van der Waals surface area contributed by atoms with Crippen LogP contribution in [-0.2, 0) is 22.6 Å². The largest absolute Gasteiger partial charge is 0.489 e. The Morgan fingerprint density at radius 2 is 1.79 bits per heavy atom. The van der Waals surface area contributed by atoms with Crippen molar-refractivity contribution in [3.05, 3.63) is 96.1 Å². The van der Waals surface area contributed by atoms with Crippen molar-refractivity contribution in [2.75, 3.05) is 27.2 Å². The van der Waals surface area contributed by atoms with Crippen molar-refractivity contribution in [2.45, 2.75) is 31.9 Å². The first-order chi connectivity index (χ1) is 20.4. The summed E-state index contributed by atoms with van der Waals surface area (Å²) in [7, 11) is 4.05. The summed E-state index contributed by atoms with van der Waals surface area (Å²) in [5.74, 6) is -0.316. The molecule has 2 heterocycles. The monoisotopic (exact) mass is 564 g/mol.